The molecule has 9 aromatic rings. The first-order chi connectivity index (χ1) is 26.3. The first-order valence-corrected chi connectivity index (χ1v) is 19.7. The number of hydrogen-bond donors (Lipinski definition) is 0. The Kier molecular flexibility index (Phi) is 7.52. The minimum absolute atomic E-state index is 0.0301. The van der Waals surface area contributed by atoms with Crippen molar-refractivity contribution in [2.45, 2.75) is 33.1 Å². The van der Waals surface area contributed by atoms with E-state index in [4.69, 9.17) is 11.6 Å². The maximum absolute atomic E-state index is 7.88. The molecule has 0 saturated carbocycles. The van der Waals surface area contributed by atoms with Crippen LogP contribution in [-0.2, 0) is 5.41 Å². The van der Waals surface area contributed by atoms with Crippen molar-refractivity contribution in [2.75, 3.05) is 9.80 Å². The van der Waals surface area contributed by atoms with E-state index in [-0.39, 0.29) is 5.41 Å². The average molecular weight is 736 g/mol. The molecule has 0 saturated heterocycles. The molecule has 1 aliphatic heterocycles. The molecule has 0 radical (unpaired) electrons. The summed E-state index contributed by atoms with van der Waals surface area (Å²) in [7, 11) is 0. The highest BCUT2D eigenvalue weighted by Crippen LogP contribution is 2.54. The van der Waals surface area contributed by atoms with Gasteiger partial charge in [-0.25, -0.2) is 0 Å². The van der Waals surface area contributed by atoms with E-state index in [9.17, 15) is 0 Å². The van der Waals surface area contributed by atoms with E-state index in [1.807, 2.05) is 0 Å². The first kappa shape index (κ1) is 32.8. The fourth-order valence-corrected chi connectivity index (χ4v) is 9.42. The van der Waals surface area contributed by atoms with Gasteiger partial charge >= 0.3 is 0 Å². The lowest BCUT2D eigenvalue weighted by atomic mass is 9.87. The van der Waals surface area contributed by atoms with Gasteiger partial charge in [-0.05, 0) is 95.3 Å². The number of halogens is 1. The number of thiophene rings is 1. The molecule has 3 heterocycles. The number of benzene rings is 7. The number of hydrogen-bond acceptors (Lipinski definition) is 3. The number of rotatable bonds is 5. The summed E-state index contributed by atoms with van der Waals surface area (Å²) in [4.78, 5) is 4.74. The predicted molar refractivity (Wildman–Crippen MR) is 233 cm³/mol. The van der Waals surface area contributed by atoms with Crippen molar-refractivity contribution >= 4 is 89.0 Å². The molecule has 54 heavy (non-hydrogen) atoms. The van der Waals surface area contributed by atoms with E-state index in [1.54, 1.807) is 11.3 Å². The zero-order valence-electron chi connectivity index (χ0n) is 30.6. The number of fused-ring (bicyclic) bond motifs is 6. The maximum Gasteiger partial charge on any atom is 0.0887 e. The molecule has 0 amide bonds. The van der Waals surface area contributed by atoms with E-state index in [0.717, 1.165) is 45.4 Å². The number of aryl methyl sites for hydroxylation is 1. The van der Waals surface area contributed by atoms with Crippen LogP contribution in [0.2, 0.25) is 5.02 Å². The summed E-state index contributed by atoms with van der Waals surface area (Å²) in [5, 5.41) is 6.64. The van der Waals surface area contributed by atoms with Crippen molar-refractivity contribution in [1.82, 2.24) is 4.57 Å². The third kappa shape index (κ3) is 5.09. The van der Waals surface area contributed by atoms with Crippen LogP contribution < -0.4 is 9.80 Å². The minimum Gasteiger partial charge on any atom is -0.307 e. The Hall–Kier alpha value is -5.81. The number of aromatic nitrogens is 1. The summed E-state index contributed by atoms with van der Waals surface area (Å²) in [6.45, 7) is 8.96. The lowest BCUT2D eigenvalue weighted by molar-refractivity contribution is 0.590. The summed E-state index contributed by atoms with van der Waals surface area (Å²) in [6.07, 6.45) is 0. The Balaban J connectivity index is 1.23. The van der Waals surface area contributed by atoms with Crippen molar-refractivity contribution in [3.8, 4) is 16.8 Å². The van der Waals surface area contributed by atoms with Crippen molar-refractivity contribution in [3.05, 3.63) is 173 Å². The van der Waals surface area contributed by atoms with E-state index in [1.165, 1.54) is 48.6 Å². The molecular weight excluding hydrogens is 698 g/mol. The average Bonchev–Trinajstić information content (AvgIpc) is 3.77. The molecule has 0 aliphatic carbocycles. The van der Waals surface area contributed by atoms with Crippen molar-refractivity contribution in [1.29, 1.82) is 0 Å². The Morgan fingerprint density at radius 1 is 0.574 bits per heavy atom. The predicted octanol–water partition coefficient (Wildman–Crippen LogP) is 15.2. The van der Waals surface area contributed by atoms with E-state index in [0.29, 0.717) is 5.02 Å². The molecule has 10 rings (SSSR count). The van der Waals surface area contributed by atoms with Gasteiger partial charge in [-0.15, -0.1) is 11.3 Å². The Labute approximate surface area is 324 Å². The molecule has 0 atom stereocenters. The molecule has 5 heteroatoms. The largest absolute Gasteiger partial charge is 0.307 e. The van der Waals surface area contributed by atoms with E-state index < -0.39 is 0 Å². The molecule has 2 aromatic heterocycles. The summed E-state index contributed by atoms with van der Waals surface area (Å²) in [5.41, 5.74) is 14.6. The molecule has 0 N–H and O–H groups in total. The molecular formula is C49H38ClN3S. The maximum atomic E-state index is 7.88. The lowest BCUT2D eigenvalue weighted by Gasteiger charge is -2.35. The van der Waals surface area contributed by atoms with Crippen LogP contribution in [0.1, 0.15) is 31.9 Å². The Bertz CT molecular complexity index is 2900. The number of para-hydroxylation sites is 4. The van der Waals surface area contributed by atoms with Crippen LogP contribution in [0.4, 0.5) is 34.1 Å². The normalized spacial score (nSPS) is 12.5. The van der Waals surface area contributed by atoms with Gasteiger partial charge in [0.15, 0.2) is 0 Å². The van der Waals surface area contributed by atoms with Crippen LogP contribution in [0, 0.1) is 6.92 Å². The highest BCUT2D eigenvalue weighted by Gasteiger charge is 2.31. The number of nitrogens with zero attached hydrogens (tertiary/aromatic N) is 3. The van der Waals surface area contributed by atoms with Gasteiger partial charge in [0.2, 0.25) is 0 Å². The van der Waals surface area contributed by atoms with Crippen LogP contribution in [0.5, 0.6) is 0 Å². The van der Waals surface area contributed by atoms with Crippen molar-refractivity contribution in [3.63, 3.8) is 0 Å². The summed E-state index contributed by atoms with van der Waals surface area (Å²) < 4.78 is 3.65. The third-order valence-corrected chi connectivity index (χ3v) is 12.2. The van der Waals surface area contributed by atoms with E-state index >= 15 is 0 Å². The topological polar surface area (TPSA) is 11.4 Å². The van der Waals surface area contributed by atoms with Gasteiger partial charge in [0.05, 0.1) is 50.2 Å². The van der Waals surface area contributed by atoms with Crippen LogP contribution >= 0.6 is 22.9 Å². The highest BCUT2D eigenvalue weighted by molar-refractivity contribution is 7.17. The quantitative estimate of drug-likeness (QED) is 0.174. The highest BCUT2D eigenvalue weighted by atomic mass is 35.5. The lowest BCUT2D eigenvalue weighted by Crippen LogP contribution is -2.19. The second-order valence-corrected chi connectivity index (χ2v) is 16.6. The van der Waals surface area contributed by atoms with Gasteiger partial charge in [0, 0.05) is 31.9 Å². The zero-order valence-corrected chi connectivity index (χ0v) is 32.2. The van der Waals surface area contributed by atoms with Gasteiger partial charge in [-0.3, -0.25) is 0 Å². The summed E-state index contributed by atoms with van der Waals surface area (Å²) >= 11 is 9.65. The van der Waals surface area contributed by atoms with Gasteiger partial charge < -0.3 is 14.4 Å². The van der Waals surface area contributed by atoms with Crippen LogP contribution in [0.25, 0.3) is 48.7 Å². The Morgan fingerprint density at radius 2 is 1.28 bits per heavy atom. The SMILES string of the molecule is Cc1cc(N(c2ccc(C(C)(C)C)cc2)c2csc3ccc(-c4ccccc4)cc23)c(Cl)c(N2c3ccccc3-n3c4ccccc4c4cccc2c43)c1. The molecule has 0 bridgehead atoms. The van der Waals surface area contributed by atoms with Gasteiger partial charge in [0.25, 0.3) is 0 Å². The van der Waals surface area contributed by atoms with Crippen molar-refractivity contribution < 1.29 is 0 Å². The minimum atomic E-state index is 0.0301. The molecule has 262 valence electrons. The Morgan fingerprint density at radius 3 is 2.07 bits per heavy atom. The van der Waals surface area contributed by atoms with Gasteiger partial charge in [0.1, 0.15) is 0 Å². The molecule has 7 aromatic carbocycles. The fourth-order valence-electron chi connectivity index (χ4n) is 8.24. The summed E-state index contributed by atoms with van der Waals surface area (Å²) in [6, 6.07) is 55.0. The summed E-state index contributed by atoms with van der Waals surface area (Å²) in [5.74, 6) is 0. The standard InChI is InChI=1S/C49H38ClN3S/c1-31-27-43(47(50)44(28-31)52-40-18-10-11-19-41(40)53-39-17-9-8-15-36(39)37-16-12-20-42(52)48(37)53)51(35-24-22-34(23-25-35)49(2,3)4)45-30-54-46-26-21-33(29-38(45)46)32-13-6-5-7-14-32/h5-30H,1-4H3. The van der Waals surface area contributed by atoms with Gasteiger partial charge in [-0.2, -0.15) is 0 Å². The molecule has 1 aliphatic rings. The van der Waals surface area contributed by atoms with Crippen LogP contribution in [0.15, 0.2) is 157 Å². The molecule has 0 fully saturated rings. The number of anilines is 6. The van der Waals surface area contributed by atoms with Crippen molar-refractivity contribution in [2.24, 2.45) is 0 Å². The van der Waals surface area contributed by atoms with Crippen LogP contribution in [-0.4, -0.2) is 4.57 Å². The molecule has 0 unspecified atom stereocenters. The molecule has 3 nitrogen and oxygen atoms in total. The fraction of sp³-hybridized carbons (Fsp3) is 0.102. The first-order valence-electron chi connectivity index (χ1n) is 18.5. The molecule has 0 spiro atoms. The third-order valence-electron chi connectivity index (χ3n) is 10.8. The smallest absolute Gasteiger partial charge is 0.0887 e. The second kappa shape index (κ2) is 12.4. The van der Waals surface area contributed by atoms with E-state index in [2.05, 4.69) is 199 Å². The van der Waals surface area contributed by atoms with Gasteiger partial charge in [-0.1, -0.05) is 123 Å². The monoisotopic (exact) mass is 735 g/mol. The second-order valence-electron chi connectivity index (χ2n) is 15.3. The van der Waals surface area contributed by atoms with Crippen LogP contribution in [0.3, 0.4) is 0 Å². The zero-order chi connectivity index (χ0) is 36.7.